The molecule has 1 atom stereocenters. The average molecular weight is 292 g/mol. The van der Waals surface area contributed by atoms with Crippen LogP contribution in [0.15, 0.2) is 18.2 Å². The molecular formula is C17H28N2O2. The predicted octanol–water partition coefficient (Wildman–Crippen LogP) is 2.32. The highest BCUT2D eigenvalue weighted by molar-refractivity contribution is 5.42. The van der Waals surface area contributed by atoms with E-state index in [1.165, 1.54) is 31.5 Å². The first kappa shape index (κ1) is 16.1. The van der Waals surface area contributed by atoms with Crippen molar-refractivity contribution in [2.75, 3.05) is 40.4 Å². The van der Waals surface area contributed by atoms with Gasteiger partial charge in [-0.1, -0.05) is 13.0 Å². The summed E-state index contributed by atoms with van der Waals surface area (Å²) in [6.07, 6.45) is 3.54. The van der Waals surface area contributed by atoms with Gasteiger partial charge in [-0.3, -0.25) is 0 Å². The van der Waals surface area contributed by atoms with Gasteiger partial charge in [-0.25, -0.2) is 0 Å². The van der Waals surface area contributed by atoms with Gasteiger partial charge in [-0.2, -0.15) is 0 Å². The van der Waals surface area contributed by atoms with E-state index in [1.807, 2.05) is 6.07 Å². The van der Waals surface area contributed by atoms with E-state index in [4.69, 9.17) is 9.47 Å². The molecule has 2 rings (SSSR count). The van der Waals surface area contributed by atoms with E-state index in [9.17, 15) is 0 Å². The molecular weight excluding hydrogens is 264 g/mol. The maximum Gasteiger partial charge on any atom is 0.160 e. The molecule has 1 aromatic rings. The van der Waals surface area contributed by atoms with Crippen molar-refractivity contribution in [3.63, 3.8) is 0 Å². The lowest BCUT2D eigenvalue weighted by molar-refractivity contribution is 0.330. The first-order chi connectivity index (χ1) is 10.3. The van der Waals surface area contributed by atoms with Crippen molar-refractivity contribution in [2.45, 2.75) is 32.2 Å². The van der Waals surface area contributed by atoms with Crippen molar-refractivity contribution >= 4 is 0 Å². The zero-order valence-corrected chi connectivity index (χ0v) is 13.5. The third-order valence-electron chi connectivity index (χ3n) is 4.12. The van der Waals surface area contributed by atoms with Gasteiger partial charge in [0, 0.05) is 19.1 Å². The fourth-order valence-electron chi connectivity index (χ4n) is 2.87. The van der Waals surface area contributed by atoms with E-state index < -0.39 is 0 Å². The molecule has 1 heterocycles. The van der Waals surface area contributed by atoms with Crippen molar-refractivity contribution in [1.82, 2.24) is 10.2 Å². The third-order valence-corrected chi connectivity index (χ3v) is 4.12. The van der Waals surface area contributed by atoms with Crippen molar-refractivity contribution in [3.8, 4) is 11.5 Å². The second-order valence-electron chi connectivity index (χ2n) is 5.68. The van der Waals surface area contributed by atoms with Crippen LogP contribution in [0.4, 0.5) is 0 Å². The van der Waals surface area contributed by atoms with E-state index in [0.717, 1.165) is 31.0 Å². The summed E-state index contributed by atoms with van der Waals surface area (Å²) in [6.45, 7) is 6.84. The molecule has 0 amide bonds. The van der Waals surface area contributed by atoms with E-state index in [2.05, 4.69) is 29.3 Å². The Labute approximate surface area is 128 Å². The number of nitrogens with zero attached hydrogens (tertiary/aromatic N) is 1. The van der Waals surface area contributed by atoms with Crippen LogP contribution in [0.5, 0.6) is 11.5 Å². The first-order valence-corrected chi connectivity index (χ1v) is 7.93. The highest BCUT2D eigenvalue weighted by atomic mass is 16.5. The summed E-state index contributed by atoms with van der Waals surface area (Å²) >= 11 is 0. The van der Waals surface area contributed by atoms with E-state index in [1.54, 1.807) is 14.2 Å². The molecule has 1 N–H and O–H groups in total. The number of hydrogen-bond donors (Lipinski definition) is 1. The Morgan fingerprint density at radius 1 is 1.24 bits per heavy atom. The zero-order chi connectivity index (χ0) is 15.1. The Morgan fingerprint density at radius 3 is 2.76 bits per heavy atom. The number of rotatable bonds is 8. The standard InChI is InChI=1S/C17H28N2O2/c1-4-9-18-15-8-11-19(13-15)10-7-14-5-6-16(20-2)17(12-14)21-3/h5-6,12,15,18H,4,7-11,13H2,1-3H3. The van der Waals surface area contributed by atoms with Crippen LogP contribution in [-0.2, 0) is 6.42 Å². The highest BCUT2D eigenvalue weighted by Crippen LogP contribution is 2.27. The van der Waals surface area contributed by atoms with Gasteiger partial charge in [0.2, 0.25) is 0 Å². The van der Waals surface area contributed by atoms with Gasteiger partial charge >= 0.3 is 0 Å². The van der Waals surface area contributed by atoms with Crippen LogP contribution in [0.1, 0.15) is 25.3 Å². The SMILES string of the molecule is CCCNC1CCN(CCc2ccc(OC)c(OC)c2)C1. The fourth-order valence-corrected chi connectivity index (χ4v) is 2.87. The Hall–Kier alpha value is -1.26. The van der Waals surface area contributed by atoms with Crippen molar-refractivity contribution in [1.29, 1.82) is 0 Å². The minimum Gasteiger partial charge on any atom is -0.493 e. The summed E-state index contributed by atoms with van der Waals surface area (Å²) in [6, 6.07) is 6.88. The maximum atomic E-state index is 5.36. The molecule has 1 saturated heterocycles. The smallest absolute Gasteiger partial charge is 0.160 e. The number of likely N-dealkylation sites (tertiary alicyclic amines) is 1. The highest BCUT2D eigenvalue weighted by Gasteiger charge is 2.21. The lowest BCUT2D eigenvalue weighted by Gasteiger charge is -2.17. The largest absolute Gasteiger partial charge is 0.493 e. The van der Waals surface area contributed by atoms with Gasteiger partial charge < -0.3 is 19.7 Å². The molecule has 4 nitrogen and oxygen atoms in total. The van der Waals surface area contributed by atoms with E-state index >= 15 is 0 Å². The minimum atomic E-state index is 0.676. The minimum absolute atomic E-state index is 0.676. The van der Waals surface area contributed by atoms with E-state index in [-0.39, 0.29) is 0 Å². The van der Waals surface area contributed by atoms with E-state index in [0.29, 0.717) is 6.04 Å². The molecule has 21 heavy (non-hydrogen) atoms. The Bertz CT molecular complexity index is 437. The molecule has 1 aromatic carbocycles. The molecule has 0 aromatic heterocycles. The summed E-state index contributed by atoms with van der Waals surface area (Å²) in [5.41, 5.74) is 1.30. The number of nitrogens with one attached hydrogen (secondary N) is 1. The molecule has 1 fully saturated rings. The molecule has 4 heteroatoms. The summed E-state index contributed by atoms with van der Waals surface area (Å²) in [5, 5.41) is 3.61. The van der Waals surface area contributed by atoms with Gasteiger partial charge in [0.1, 0.15) is 0 Å². The molecule has 1 aliphatic rings. The molecule has 0 bridgehead atoms. The first-order valence-electron chi connectivity index (χ1n) is 7.93. The Morgan fingerprint density at radius 2 is 2.05 bits per heavy atom. The van der Waals surface area contributed by atoms with Crippen molar-refractivity contribution < 1.29 is 9.47 Å². The quantitative estimate of drug-likeness (QED) is 0.797. The summed E-state index contributed by atoms with van der Waals surface area (Å²) in [7, 11) is 3.36. The lowest BCUT2D eigenvalue weighted by atomic mass is 10.1. The molecule has 0 spiro atoms. The molecule has 118 valence electrons. The fraction of sp³-hybridized carbons (Fsp3) is 0.647. The molecule has 0 saturated carbocycles. The predicted molar refractivity (Wildman–Crippen MR) is 86.4 cm³/mol. The second-order valence-corrected chi connectivity index (χ2v) is 5.68. The molecule has 0 aliphatic carbocycles. The van der Waals surface area contributed by atoms with Crippen LogP contribution in [0, 0.1) is 0 Å². The average Bonchev–Trinajstić information content (AvgIpc) is 2.98. The van der Waals surface area contributed by atoms with Gasteiger partial charge in [-0.05, 0) is 50.0 Å². The maximum absolute atomic E-state index is 5.36. The van der Waals surface area contributed by atoms with Crippen LogP contribution in [-0.4, -0.2) is 51.3 Å². The van der Waals surface area contributed by atoms with Gasteiger partial charge in [0.15, 0.2) is 11.5 Å². The third kappa shape index (κ3) is 4.61. The Balaban J connectivity index is 1.81. The van der Waals surface area contributed by atoms with Crippen molar-refractivity contribution in [2.24, 2.45) is 0 Å². The van der Waals surface area contributed by atoms with Gasteiger partial charge in [0.05, 0.1) is 14.2 Å². The number of hydrogen-bond acceptors (Lipinski definition) is 4. The number of ether oxygens (including phenoxy) is 2. The number of methoxy groups -OCH3 is 2. The van der Waals surface area contributed by atoms with Crippen LogP contribution in [0.2, 0.25) is 0 Å². The monoisotopic (exact) mass is 292 g/mol. The molecule has 1 aliphatic heterocycles. The summed E-state index contributed by atoms with van der Waals surface area (Å²) < 4.78 is 10.6. The summed E-state index contributed by atoms with van der Waals surface area (Å²) in [5.74, 6) is 1.62. The van der Waals surface area contributed by atoms with Crippen molar-refractivity contribution in [3.05, 3.63) is 23.8 Å². The topological polar surface area (TPSA) is 33.7 Å². The van der Waals surface area contributed by atoms with Gasteiger partial charge in [-0.15, -0.1) is 0 Å². The molecule has 1 unspecified atom stereocenters. The van der Waals surface area contributed by atoms with Crippen LogP contribution < -0.4 is 14.8 Å². The zero-order valence-electron chi connectivity index (χ0n) is 13.5. The lowest BCUT2D eigenvalue weighted by Crippen LogP contribution is -2.33. The van der Waals surface area contributed by atoms with Crippen LogP contribution >= 0.6 is 0 Å². The molecule has 0 radical (unpaired) electrons. The second kappa shape index (κ2) is 8.25. The van der Waals surface area contributed by atoms with Gasteiger partial charge in [0.25, 0.3) is 0 Å². The Kier molecular flexibility index (Phi) is 6.33. The van der Waals surface area contributed by atoms with Crippen LogP contribution in [0.25, 0.3) is 0 Å². The normalized spacial score (nSPS) is 18.9. The summed E-state index contributed by atoms with van der Waals surface area (Å²) in [4.78, 5) is 2.55. The van der Waals surface area contributed by atoms with Crippen LogP contribution in [0.3, 0.4) is 0 Å². The number of benzene rings is 1.